The zero-order valence-electron chi connectivity index (χ0n) is 24.7. The Kier molecular flexibility index (Phi) is 16.2. The number of nitrogens with zero attached hydrogens (tertiary/aromatic N) is 4. The van der Waals surface area contributed by atoms with E-state index in [9.17, 15) is 39.5 Å². The third-order valence-corrected chi connectivity index (χ3v) is 7.44. The van der Waals surface area contributed by atoms with Crippen molar-refractivity contribution in [1.82, 2.24) is 19.7 Å². The van der Waals surface area contributed by atoms with Crippen LogP contribution in [-0.4, -0.2) is 124 Å². The number of aromatic nitrogens is 1. The van der Waals surface area contributed by atoms with Crippen molar-refractivity contribution in [1.29, 1.82) is 0 Å². The van der Waals surface area contributed by atoms with Gasteiger partial charge >= 0.3 is 36.4 Å². The lowest BCUT2D eigenvalue weighted by molar-refractivity contribution is -0.193. The molecule has 0 atom stereocenters. The maximum atomic E-state index is 10.6. The molecule has 4 heterocycles. The van der Waals surface area contributed by atoms with Gasteiger partial charge in [-0.05, 0) is 88.3 Å². The van der Waals surface area contributed by atoms with Crippen molar-refractivity contribution >= 4 is 17.9 Å². The van der Waals surface area contributed by atoms with E-state index in [1.165, 1.54) is 96.4 Å². The standard InChI is InChI=1S/C21H34N4.3C2HF3O2/c1-2-11-23(10-1)15-16-24-13-7-21(8-14-24)6-4-12-25(19-21)18-20-5-3-9-22-17-20;3*3-2(4,5)1(6)7/h3,5,9,17H,1-2,4,6-8,10-16,18-19H2;3*(H,6,7). The van der Waals surface area contributed by atoms with E-state index in [4.69, 9.17) is 29.7 Å². The summed E-state index contributed by atoms with van der Waals surface area (Å²) >= 11 is 0. The third-order valence-electron chi connectivity index (χ3n) is 7.44. The van der Waals surface area contributed by atoms with Gasteiger partial charge in [-0.25, -0.2) is 14.4 Å². The number of piperidine rings is 2. The maximum Gasteiger partial charge on any atom is 0.490 e. The first-order valence-electron chi connectivity index (χ1n) is 14.1. The molecular formula is C27H37F9N4O6. The van der Waals surface area contributed by atoms with Gasteiger partial charge in [-0.15, -0.1) is 0 Å². The lowest BCUT2D eigenvalue weighted by Crippen LogP contribution is -2.50. The van der Waals surface area contributed by atoms with Crippen LogP contribution in [0.3, 0.4) is 0 Å². The Morgan fingerprint density at radius 1 is 0.674 bits per heavy atom. The second-order valence-corrected chi connectivity index (χ2v) is 11.0. The van der Waals surface area contributed by atoms with Gasteiger partial charge in [-0.3, -0.25) is 9.88 Å². The Balaban J connectivity index is 0.000000413. The number of aliphatic carboxylic acids is 3. The van der Waals surface area contributed by atoms with E-state index in [0.717, 1.165) is 6.54 Å². The summed E-state index contributed by atoms with van der Waals surface area (Å²) in [4.78, 5) is 39.0. The van der Waals surface area contributed by atoms with Crippen LogP contribution in [0, 0.1) is 5.41 Å². The molecule has 0 radical (unpaired) electrons. The fourth-order valence-corrected chi connectivity index (χ4v) is 5.14. The van der Waals surface area contributed by atoms with Crippen molar-refractivity contribution in [2.45, 2.75) is 63.6 Å². The van der Waals surface area contributed by atoms with Crippen LogP contribution in [0.5, 0.6) is 0 Å². The van der Waals surface area contributed by atoms with Crippen molar-refractivity contribution < 1.29 is 69.2 Å². The molecule has 0 saturated carbocycles. The minimum absolute atomic E-state index is 0.588. The molecule has 0 bridgehead atoms. The molecule has 0 aliphatic carbocycles. The van der Waals surface area contributed by atoms with Crippen LogP contribution in [0.15, 0.2) is 24.5 Å². The van der Waals surface area contributed by atoms with E-state index in [0.29, 0.717) is 5.41 Å². The third kappa shape index (κ3) is 16.4. The van der Waals surface area contributed by atoms with Gasteiger partial charge in [0.15, 0.2) is 0 Å². The normalized spacial score (nSPS) is 19.1. The van der Waals surface area contributed by atoms with Gasteiger partial charge < -0.3 is 25.1 Å². The predicted octanol–water partition coefficient (Wildman–Crippen LogP) is 4.76. The van der Waals surface area contributed by atoms with Gasteiger partial charge in [-0.1, -0.05) is 6.07 Å². The molecule has 1 spiro atoms. The molecule has 1 aromatic rings. The van der Waals surface area contributed by atoms with Gasteiger partial charge in [-0.2, -0.15) is 39.5 Å². The number of carboxylic acids is 3. The topological polar surface area (TPSA) is 135 Å². The Morgan fingerprint density at radius 3 is 1.48 bits per heavy atom. The summed E-state index contributed by atoms with van der Waals surface area (Å²) in [7, 11) is 0. The molecule has 3 fully saturated rings. The minimum atomic E-state index is -5.08. The van der Waals surface area contributed by atoms with Gasteiger partial charge in [0, 0.05) is 38.6 Å². The van der Waals surface area contributed by atoms with Crippen molar-refractivity contribution in [3.05, 3.63) is 30.1 Å². The van der Waals surface area contributed by atoms with Crippen LogP contribution in [0.1, 0.15) is 44.1 Å². The first-order valence-corrected chi connectivity index (χ1v) is 14.1. The Morgan fingerprint density at radius 2 is 1.09 bits per heavy atom. The number of carbonyl (C=O) groups is 3. The van der Waals surface area contributed by atoms with E-state index in [1.54, 1.807) is 0 Å². The smallest absolute Gasteiger partial charge is 0.475 e. The number of likely N-dealkylation sites (tertiary alicyclic amines) is 3. The molecule has 0 aromatic carbocycles. The highest BCUT2D eigenvalue weighted by Gasteiger charge is 2.40. The van der Waals surface area contributed by atoms with Crippen molar-refractivity contribution in [3.8, 4) is 0 Å². The molecule has 19 heteroatoms. The molecule has 3 aliphatic heterocycles. The molecule has 1 aromatic heterocycles. The number of alkyl halides is 9. The average Bonchev–Trinajstić information content (AvgIpc) is 3.47. The highest BCUT2D eigenvalue weighted by atomic mass is 19.4. The fourth-order valence-electron chi connectivity index (χ4n) is 5.14. The Labute approximate surface area is 258 Å². The maximum absolute atomic E-state index is 10.6. The summed E-state index contributed by atoms with van der Waals surface area (Å²) in [6.45, 7) is 11.5. The molecule has 3 N–H and O–H groups in total. The number of pyridine rings is 1. The zero-order chi connectivity index (χ0) is 35.2. The summed E-state index contributed by atoms with van der Waals surface area (Å²) in [6, 6.07) is 4.28. The van der Waals surface area contributed by atoms with E-state index in [1.807, 2.05) is 12.4 Å². The van der Waals surface area contributed by atoms with Crippen LogP contribution in [0.2, 0.25) is 0 Å². The van der Waals surface area contributed by atoms with Crippen molar-refractivity contribution in [2.75, 3.05) is 52.4 Å². The summed E-state index contributed by atoms with van der Waals surface area (Å²) in [5.74, 6) is -8.27. The lowest BCUT2D eigenvalue weighted by Gasteiger charge is -2.48. The number of hydrogen-bond acceptors (Lipinski definition) is 7. The SMILES string of the molecule is O=C(O)C(F)(F)F.O=C(O)C(F)(F)F.O=C(O)C(F)(F)F.c1cncc(CN2CCCC3(CCN(CCN4CCCC4)CC3)C2)c1. The highest BCUT2D eigenvalue weighted by Crippen LogP contribution is 2.40. The molecule has 10 nitrogen and oxygen atoms in total. The molecule has 0 amide bonds. The summed E-state index contributed by atoms with van der Waals surface area (Å²) in [5.41, 5.74) is 1.95. The van der Waals surface area contributed by atoms with Crippen molar-refractivity contribution in [3.63, 3.8) is 0 Å². The monoisotopic (exact) mass is 684 g/mol. The quantitative estimate of drug-likeness (QED) is 0.373. The molecule has 264 valence electrons. The second-order valence-electron chi connectivity index (χ2n) is 11.0. The number of hydrogen-bond donors (Lipinski definition) is 3. The first-order chi connectivity index (χ1) is 21.1. The molecule has 0 unspecified atom stereocenters. The molecule has 3 saturated heterocycles. The van der Waals surface area contributed by atoms with E-state index < -0.39 is 36.4 Å². The summed E-state index contributed by atoms with van der Waals surface area (Å²) in [6.07, 6.45) is -2.91. The fraction of sp³-hybridized carbons (Fsp3) is 0.704. The molecular weight excluding hydrogens is 647 g/mol. The average molecular weight is 685 g/mol. The van der Waals surface area contributed by atoms with Crippen molar-refractivity contribution in [2.24, 2.45) is 5.41 Å². The van der Waals surface area contributed by atoms with E-state index in [2.05, 4.69) is 31.8 Å². The van der Waals surface area contributed by atoms with E-state index in [-0.39, 0.29) is 0 Å². The minimum Gasteiger partial charge on any atom is -0.475 e. The lowest BCUT2D eigenvalue weighted by atomic mass is 9.72. The van der Waals surface area contributed by atoms with Crippen LogP contribution in [0.4, 0.5) is 39.5 Å². The van der Waals surface area contributed by atoms with Gasteiger partial charge in [0.05, 0.1) is 0 Å². The molecule has 3 aliphatic rings. The number of carboxylic acid groups (broad SMARTS) is 3. The summed E-state index contributed by atoms with van der Waals surface area (Å²) < 4.78 is 95.2. The van der Waals surface area contributed by atoms with Crippen LogP contribution in [-0.2, 0) is 20.9 Å². The Bertz CT molecular complexity index is 1020. The first kappa shape index (κ1) is 40.8. The van der Waals surface area contributed by atoms with Gasteiger partial charge in [0.1, 0.15) is 0 Å². The van der Waals surface area contributed by atoms with E-state index >= 15 is 0 Å². The van der Waals surface area contributed by atoms with Crippen LogP contribution in [0.25, 0.3) is 0 Å². The number of rotatable bonds is 5. The largest absolute Gasteiger partial charge is 0.490 e. The highest BCUT2D eigenvalue weighted by molar-refractivity contribution is 5.73. The van der Waals surface area contributed by atoms with Gasteiger partial charge in [0.2, 0.25) is 0 Å². The molecule has 4 rings (SSSR count). The molecule has 46 heavy (non-hydrogen) atoms. The summed E-state index contributed by atoms with van der Waals surface area (Å²) in [5, 5.41) is 21.4. The predicted molar refractivity (Wildman–Crippen MR) is 144 cm³/mol. The number of halogens is 9. The van der Waals surface area contributed by atoms with Crippen LogP contribution < -0.4 is 0 Å². The van der Waals surface area contributed by atoms with Crippen LogP contribution >= 0.6 is 0 Å². The Hall–Kier alpha value is -3.19. The second kappa shape index (κ2) is 18.2. The van der Waals surface area contributed by atoms with Gasteiger partial charge in [0.25, 0.3) is 0 Å². The zero-order valence-corrected chi connectivity index (χ0v) is 24.7.